The van der Waals surface area contributed by atoms with Gasteiger partial charge in [-0.15, -0.1) is 0 Å². The van der Waals surface area contributed by atoms with Gasteiger partial charge in [0.15, 0.2) is 0 Å². The maximum atomic E-state index is 13.3. The molecule has 3 aromatic rings. The molecule has 35 heavy (non-hydrogen) atoms. The number of benzene rings is 1. The number of carbonyl (C=O) groups excluding carboxylic acids is 2. The topological polar surface area (TPSA) is 66.0 Å². The van der Waals surface area contributed by atoms with E-state index in [4.69, 9.17) is 21.3 Å². The number of pyridine rings is 1. The van der Waals surface area contributed by atoms with Crippen molar-refractivity contribution in [2.75, 3.05) is 37.7 Å². The number of fused-ring (bicyclic) bond motifs is 1. The summed E-state index contributed by atoms with van der Waals surface area (Å²) in [5, 5.41) is 5.69. The third-order valence-corrected chi connectivity index (χ3v) is 7.49. The number of thiophene rings is 1. The fraction of sp³-hybridized carbons (Fsp3) is 0.423. The van der Waals surface area contributed by atoms with Crippen LogP contribution in [-0.4, -0.2) is 65.6 Å². The van der Waals surface area contributed by atoms with Crippen molar-refractivity contribution in [1.29, 1.82) is 0 Å². The first kappa shape index (κ1) is 23.9. The summed E-state index contributed by atoms with van der Waals surface area (Å²) in [5.74, 6) is 1.01. The van der Waals surface area contributed by atoms with E-state index in [2.05, 4.69) is 11.0 Å². The number of hydrogen-bond acceptors (Lipinski definition) is 6. The molecule has 9 heteroatoms. The van der Waals surface area contributed by atoms with Crippen LogP contribution in [0.15, 0.2) is 41.1 Å². The predicted octanol–water partition coefficient (Wildman–Crippen LogP) is 4.96. The van der Waals surface area contributed by atoms with E-state index in [1.54, 1.807) is 16.2 Å². The molecule has 2 fully saturated rings. The van der Waals surface area contributed by atoms with Crippen LogP contribution in [0.2, 0.25) is 5.02 Å². The Morgan fingerprint density at radius 3 is 2.66 bits per heavy atom. The molecule has 2 aliphatic rings. The zero-order chi connectivity index (χ0) is 24.4. The lowest BCUT2D eigenvalue weighted by Crippen LogP contribution is -2.49. The van der Waals surface area contributed by atoms with Crippen molar-refractivity contribution < 1.29 is 14.3 Å². The van der Waals surface area contributed by atoms with E-state index >= 15 is 0 Å². The molecule has 0 bridgehead atoms. The summed E-state index contributed by atoms with van der Waals surface area (Å²) in [6.45, 7) is 5.14. The third-order valence-electron chi connectivity index (χ3n) is 6.53. The summed E-state index contributed by atoms with van der Waals surface area (Å²) in [4.78, 5) is 36.4. The number of aromatic nitrogens is 1. The van der Waals surface area contributed by atoms with E-state index in [0.29, 0.717) is 50.8 Å². The first-order valence-corrected chi connectivity index (χ1v) is 13.4. The highest BCUT2D eigenvalue weighted by atomic mass is 35.5. The van der Waals surface area contributed by atoms with Gasteiger partial charge in [-0.25, -0.2) is 9.78 Å². The number of piperazine rings is 1. The SMILES string of the molecule is CCOC(=O)N1CCN(c2nc3cc(Cl)ccc3cc2CN(C(=O)Cc2ccsc2)C2CC2)CC1. The first-order chi connectivity index (χ1) is 17.0. The van der Waals surface area contributed by atoms with Crippen molar-refractivity contribution in [3.05, 3.63) is 57.2 Å². The van der Waals surface area contributed by atoms with Crippen LogP contribution in [0.5, 0.6) is 0 Å². The van der Waals surface area contributed by atoms with E-state index in [9.17, 15) is 9.59 Å². The van der Waals surface area contributed by atoms with E-state index in [-0.39, 0.29) is 18.0 Å². The summed E-state index contributed by atoms with van der Waals surface area (Å²) in [6, 6.07) is 10.2. The second-order valence-electron chi connectivity index (χ2n) is 9.04. The van der Waals surface area contributed by atoms with Crippen LogP contribution in [0.3, 0.4) is 0 Å². The molecular formula is C26H29ClN4O3S. The van der Waals surface area contributed by atoms with Gasteiger partial charge in [0.05, 0.1) is 18.5 Å². The van der Waals surface area contributed by atoms with Crippen molar-refractivity contribution in [2.45, 2.75) is 38.8 Å². The summed E-state index contributed by atoms with van der Waals surface area (Å²) < 4.78 is 5.17. The standard InChI is InChI=1S/C26H29ClN4O3S/c1-2-34-26(33)30-10-8-29(9-11-30)25-20(14-19-3-4-21(27)15-23(19)28-25)16-31(22-5-6-22)24(32)13-18-7-12-35-17-18/h3-4,7,12,14-15,17,22H,2,5-6,8-11,13,16H2,1H3. The lowest BCUT2D eigenvalue weighted by Gasteiger charge is -2.36. The van der Waals surface area contributed by atoms with E-state index in [1.807, 2.05) is 46.8 Å². The summed E-state index contributed by atoms with van der Waals surface area (Å²) in [5.41, 5.74) is 2.91. The van der Waals surface area contributed by atoms with Gasteiger partial charge in [-0.1, -0.05) is 17.7 Å². The number of rotatable bonds is 7. The Bertz CT molecular complexity index is 1210. The number of ether oxygens (including phenoxy) is 1. The Morgan fingerprint density at radius 1 is 1.17 bits per heavy atom. The first-order valence-electron chi connectivity index (χ1n) is 12.1. The van der Waals surface area contributed by atoms with E-state index < -0.39 is 0 Å². The van der Waals surface area contributed by atoms with E-state index in [1.165, 1.54) is 0 Å². The molecule has 0 N–H and O–H groups in total. The smallest absolute Gasteiger partial charge is 0.409 e. The normalized spacial score (nSPS) is 15.9. The zero-order valence-electron chi connectivity index (χ0n) is 19.8. The van der Waals surface area contributed by atoms with Gasteiger partial charge in [-0.3, -0.25) is 4.79 Å². The van der Waals surface area contributed by atoms with Crippen LogP contribution in [0.4, 0.5) is 10.6 Å². The quantitative estimate of drug-likeness (QED) is 0.447. The third kappa shape index (κ3) is 5.54. The average Bonchev–Trinajstić information content (AvgIpc) is 3.57. The molecule has 0 radical (unpaired) electrons. The van der Waals surface area contributed by atoms with Gasteiger partial charge in [-0.2, -0.15) is 11.3 Å². The Morgan fingerprint density at radius 2 is 1.97 bits per heavy atom. The molecule has 3 heterocycles. The zero-order valence-corrected chi connectivity index (χ0v) is 21.4. The molecule has 7 nitrogen and oxygen atoms in total. The predicted molar refractivity (Wildman–Crippen MR) is 139 cm³/mol. The minimum absolute atomic E-state index is 0.153. The molecule has 5 rings (SSSR count). The summed E-state index contributed by atoms with van der Waals surface area (Å²) >= 11 is 7.88. The maximum absolute atomic E-state index is 13.3. The van der Waals surface area contributed by atoms with Gasteiger partial charge < -0.3 is 19.4 Å². The molecule has 1 aliphatic carbocycles. The minimum Gasteiger partial charge on any atom is -0.450 e. The molecule has 1 aliphatic heterocycles. The average molecular weight is 513 g/mol. The molecule has 1 saturated carbocycles. The summed E-state index contributed by atoms with van der Waals surface area (Å²) in [7, 11) is 0. The fourth-order valence-corrected chi connectivity index (χ4v) is 5.37. The van der Waals surface area contributed by atoms with Gasteiger partial charge in [-0.05, 0) is 60.4 Å². The number of nitrogens with zero attached hydrogens (tertiary/aromatic N) is 4. The van der Waals surface area contributed by atoms with Gasteiger partial charge in [0.1, 0.15) is 5.82 Å². The molecule has 0 unspecified atom stereocenters. The van der Waals surface area contributed by atoms with Crippen LogP contribution in [0.25, 0.3) is 10.9 Å². The highest BCUT2D eigenvalue weighted by Gasteiger charge is 2.34. The lowest BCUT2D eigenvalue weighted by molar-refractivity contribution is -0.131. The number of carbonyl (C=O) groups is 2. The maximum Gasteiger partial charge on any atom is 0.409 e. The molecule has 1 aromatic carbocycles. The van der Waals surface area contributed by atoms with Gasteiger partial charge >= 0.3 is 6.09 Å². The second-order valence-corrected chi connectivity index (χ2v) is 10.3. The molecule has 184 valence electrons. The van der Waals surface area contributed by atoms with Crippen molar-refractivity contribution in [3.8, 4) is 0 Å². The Labute approximate surface area is 214 Å². The van der Waals surface area contributed by atoms with Crippen LogP contribution < -0.4 is 4.90 Å². The number of halogens is 1. The van der Waals surface area contributed by atoms with Crippen LogP contribution in [-0.2, 0) is 22.5 Å². The Balaban J connectivity index is 1.42. The number of hydrogen-bond donors (Lipinski definition) is 0. The van der Waals surface area contributed by atoms with Gasteiger partial charge in [0.25, 0.3) is 0 Å². The number of amides is 2. The molecule has 0 atom stereocenters. The number of anilines is 1. The molecule has 1 saturated heterocycles. The minimum atomic E-state index is -0.274. The fourth-order valence-electron chi connectivity index (χ4n) is 4.54. The molecule has 2 aromatic heterocycles. The van der Waals surface area contributed by atoms with Crippen LogP contribution in [0.1, 0.15) is 30.9 Å². The van der Waals surface area contributed by atoms with E-state index in [0.717, 1.165) is 40.7 Å². The lowest BCUT2D eigenvalue weighted by atomic mass is 10.1. The highest BCUT2D eigenvalue weighted by Crippen LogP contribution is 2.33. The van der Waals surface area contributed by atoms with Gasteiger partial charge in [0.2, 0.25) is 5.91 Å². The van der Waals surface area contributed by atoms with Crippen molar-refractivity contribution in [1.82, 2.24) is 14.8 Å². The highest BCUT2D eigenvalue weighted by molar-refractivity contribution is 7.08. The monoisotopic (exact) mass is 512 g/mol. The van der Waals surface area contributed by atoms with Crippen molar-refractivity contribution >= 4 is 51.7 Å². The van der Waals surface area contributed by atoms with Crippen molar-refractivity contribution in [2.24, 2.45) is 0 Å². The Kier molecular flexibility index (Phi) is 7.11. The van der Waals surface area contributed by atoms with Gasteiger partial charge in [0, 0.05) is 54.7 Å². The second kappa shape index (κ2) is 10.4. The van der Waals surface area contributed by atoms with Crippen LogP contribution >= 0.6 is 22.9 Å². The molecule has 0 spiro atoms. The molecule has 2 amide bonds. The van der Waals surface area contributed by atoms with Crippen LogP contribution in [0, 0.1) is 0 Å². The molecular weight excluding hydrogens is 484 g/mol. The Hall–Kier alpha value is -2.84. The van der Waals surface area contributed by atoms with Crippen molar-refractivity contribution in [3.63, 3.8) is 0 Å². The summed E-state index contributed by atoms with van der Waals surface area (Å²) in [6.07, 6.45) is 2.23. The largest absolute Gasteiger partial charge is 0.450 e.